The van der Waals surface area contributed by atoms with E-state index in [1.807, 2.05) is 6.20 Å². The third kappa shape index (κ3) is 4.23. The average Bonchev–Trinajstić information content (AvgIpc) is 2.78. The Morgan fingerprint density at radius 2 is 2.24 bits per heavy atom. The standard InChI is InChI=1S/C11H21N3O2S/c1-9(8-16-3)14(4-5-15-2)11-13-7-10(6-12)17-11/h7,9H,4-6,8,12H2,1-3H3. The summed E-state index contributed by atoms with van der Waals surface area (Å²) < 4.78 is 10.3. The molecular formula is C11H21N3O2S. The highest BCUT2D eigenvalue weighted by Gasteiger charge is 2.17. The van der Waals surface area contributed by atoms with Crippen LogP contribution in [0.4, 0.5) is 5.13 Å². The zero-order valence-corrected chi connectivity index (χ0v) is 11.5. The number of aromatic nitrogens is 1. The van der Waals surface area contributed by atoms with Crippen molar-refractivity contribution in [2.45, 2.75) is 19.5 Å². The third-order valence-corrected chi connectivity index (χ3v) is 3.52. The van der Waals surface area contributed by atoms with E-state index in [0.29, 0.717) is 19.8 Å². The van der Waals surface area contributed by atoms with Gasteiger partial charge in [0.15, 0.2) is 5.13 Å². The second-order valence-electron chi connectivity index (χ2n) is 3.80. The van der Waals surface area contributed by atoms with Crippen LogP contribution in [0.25, 0.3) is 0 Å². The fourth-order valence-electron chi connectivity index (χ4n) is 1.55. The Bertz CT molecular complexity index is 319. The summed E-state index contributed by atoms with van der Waals surface area (Å²) in [4.78, 5) is 7.68. The largest absolute Gasteiger partial charge is 0.383 e. The van der Waals surface area contributed by atoms with Crippen molar-refractivity contribution in [1.29, 1.82) is 0 Å². The van der Waals surface area contributed by atoms with Gasteiger partial charge in [0.1, 0.15) is 0 Å². The van der Waals surface area contributed by atoms with Gasteiger partial charge in [0.25, 0.3) is 0 Å². The monoisotopic (exact) mass is 259 g/mol. The Labute approximate surface area is 107 Å². The van der Waals surface area contributed by atoms with E-state index in [2.05, 4.69) is 16.8 Å². The Morgan fingerprint density at radius 1 is 1.47 bits per heavy atom. The van der Waals surface area contributed by atoms with Crippen LogP contribution >= 0.6 is 11.3 Å². The van der Waals surface area contributed by atoms with Gasteiger partial charge in [-0.15, -0.1) is 11.3 Å². The molecule has 1 heterocycles. The van der Waals surface area contributed by atoms with Crippen LogP contribution in [0.5, 0.6) is 0 Å². The predicted octanol–water partition coefficient (Wildman–Crippen LogP) is 1.09. The number of ether oxygens (including phenoxy) is 2. The first-order valence-corrected chi connectivity index (χ1v) is 6.43. The Morgan fingerprint density at radius 3 is 2.76 bits per heavy atom. The van der Waals surface area contributed by atoms with Crippen LogP contribution < -0.4 is 10.6 Å². The summed E-state index contributed by atoms with van der Waals surface area (Å²) in [5.74, 6) is 0. The molecule has 1 rings (SSSR count). The first-order chi connectivity index (χ1) is 8.22. The molecule has 0 saturated heterocycles. The van der Waals surface area contributed by atoms with Crippen molar-refractivity contribution in [1.82, 2.24) is 4.98 Å². The molecule has 0 aliphatic heterocycles. The molecule has 1 aromatic rings. The lowest BCUT2D eigenvalue weighted by Gasteiger charge is -2.28. The molecule has 0 saturated carbocycles. The number of methoxy groups -OCH3 is 2. The van der Waals surface area contributed by atoms with E-state index < -0.39 is 0 Å². The first kappa shape index (κ1) is 14.4. The summed E-state index contributed by atoms with van der Waals surface area (Å²) in [6, 6.07) is 0.270. The molecule has 5 nitrogen and oxygen atoms in total. The highest BCUT2D eigenvalue weighted by atomic mass is 32.1. The maximum atomic E-state index is 5.60. The fourth-order valence-corrected chi connectivity index (χ4v) is 2.47. The number of anilines is 1. The number of nitrogens with zero attached hydrogens (tertiary/aromatic N) is 2. The summed E-state index contributed by atoms with van der Waals surface area (Å²) in [5, 5.41) is 0.979. The maximum absolute atomic E-state index is 5.60. The summed E-state index contributed by atoms with van der Waals surface area (Å²) in [5.41, 5.74) is 5.60. The molecule has 0 fully saturated rings. The van der Waals surface area contributed by atoms with Crippen LogP contribution in [0.2, 0.25) is 0 Å². The Kier molecular flexibility index (Phi) is 6.43. The van der Waals surface area contributed by atoms with E-state index in [4.69, 9.17) is 15.2 Å². The minimum absolute atomic E-state index is 0.270. The van der Waals surface area contributed by atoms with E-state index in [0.717, 1.165) is 16.6 Å². The molecule has 0 amide bonds. The lowest BCUT2D eigenvalue weighted by Crippen LogP contribution is -2.38. The van der Waals surface area contributed by atoms with Crippen molar-refractivity contribution in [3.8, 4) is 0 Å². The summed E-state index contributed by atoms with van der Waals surface area (Å²) >= 11 is 1.62. The molecule has 6 heteroatoms. The maximum Gasteiger partial charge on any atom is 0.185 e. The van der Waals surface area contributed by atoms with Gasteiger partial charge in [-0.1, -0.05) is 0 Å². The molecule has 2 N–H and O–H groups in total. The van der Waals surface area contributed by atoms with Crippen molar-refractivity contribution in [3.63, 3.8) is 0 Å². The average molecular weight is 259 g/mol. The van der Waals surface area contributed by atoms with Gasteiger partial charge in [-0.25, -0.2) is 4.98 Å². The molecule has 0 aliphatic carbocycles. The number of hydrogen-bond donors (Lipinski definition) is 1. The predicted molar refractivity (Wildman–Crippen MR) is 70.6 cm³/mol. The second-order valence-corrected chi connectivity index (χ2v) is 4.90. The Balaban J connectivity index is 2.73. The summed E-state index contributed by atoms with van der Waals surface area (Å²) in [6.45, 7) is 4.79. The molecule has 0 spiro atoms. The number of rotatable bonds is 8. The molecule has 0 aliphatic rings. The van der Waals surface area contributed by atoms with Crippen LogP contribution in [0.1, 0.15) is 11.8 Å². The van der Waals surface area contributed by atoms with Gasteiger partial charge in [0.05, 0.1) is 19.3 Å². The molecule has 17 heavy (non-hydrogen) atoms. The quantitative estimate of drug-likeness (QED) is 0.757. The van der Waals surface area contributed by atoms with E-state index >= 15 is 0 Å². The summed E-state index contributed by atoms with van der Waals surface area (Å²) in [7, 11) is 3.41. The van der Waals surface area contributed by atoms with E-state index in [-0.39, 0.29) is 6.04 Å². The summed E-state index contributed by atoms with van der Waals surface area (Å²) in [6.07, 6.45) is 1.83. The smallest absolute Gasteiger partial charge is 0.185 e. The van der Waals surface area contributed by atoms with Gasteiger partial charge >= 0.3 is 0 Å². The van der Waals surface area contributed by atoms with Crippen molar-refractivity contribution in [2.75, 3.05) is 38.9 Å². The van der Waals surface area contributed by atoms with Crippen LogP contribution in [-0.4, -0.2) is 45.0 Å². The molecule has 98 valence electrons. The van der Waals surface area contributed by atoms with Gasteiger partial charge in [0, 0.05) is 38.4 Å². The van der Waals surface area contributed by atoms with Gasteiger partial charge in [-0.05, 0) is 6.92 Å². The molecule has 0 radical (unpaired) electrons. The van der Waals surface area contributed by atoms with Gasteiger partial charge in [0.2, 0.25) is 0 Å². The molecule has 0 bridgehead atoms. The van der Waals surface area contributed by atoms with Crippen LogP contribution in [0.3, 0.4) is 0 Å². The van der Waals surface area contributed by atoms with Gasteiger partial charge in [-0.2, -0.15) is 0 Å². The van der Waals surface area contributed by atoms with Crippen molar-refractivity contribution in [2.24, 2.45) is 5.73 Å². The molecule has 1 unspecified atom stereocenters. The molecule has 0 aromatic carbocycles. The third-order valence-electron chi connectivity index (χ3n) is 2.46. The Hall–Kier alpha value is -0.690. The van der Waals surface area contributed by atoms with Crippen LogP contribution in [0.15, 0.2) is 6.20 Å². The zero-order valence-electron chi connectivity index (χ0n) is 10.7. The molecule has 1 aromatic heterocycles. The lowest BCUT2D eigenvalue weighted by molar-refractivity contribution is 0.171. The minimum Gasteiger partial charge on any atom is -0.383 e. The van der Waals surface area contributed by atoms with E-state index in [1.165, 1.54) is 0 Å². The van der Waals surface area contributed by atoms with E-state index in [1.54, 1.807) is 25.6 Å². The van der Waals surface area contributed by atoms with Crippen LogP contribution in [0, 0.1) is 0 Å². The topological polar surface area (TPSA) is 60.6 Å². The molecule has 1 atom stereocenters. The normalized spacial score (nSPS) is 12.7. The van der Waals surface area contributed by atoms with Gasteiger partial charge in [-0.3, -0.25) is 0 Å². The van der Waals surface area contributed by atoms with Crippen LogP contribution in [-0.2, 0) is 16.0 Å². The number of thiazole rings is 1. The first-order valence-electron chi connectivity index (χ1n) is 5.62. The van der Waals surface area contributed by atoms with Crippen molar-refractivity contribution < 1.29 is 9.47 Å². The van der Waals surface area contributed by atoms with E-state index in [9.17, 15) is 0 Å². The number of nitrogens with two attached hydrogens (primary N) is 1. The second kappa shape index (κ2) is 7.60. The minimum atomic E-state index is 0.270. The van der Waals surface area contributed by atoms with Crippen molar-refractivity contribution >= 4 is 16.5 Å². The SMILES string of the molecule is COCCN(c1ncc(CN)s1)C(C)COC. The lowest BCUT2D eigenvalue weighted by atomic mass is 10.3. The van der Waals surface area contributed by atoms with Crippen molar-refractivity contribution in [3.05, 3.63) is 11.1 Å². The highest BCUT2D eigenvalue weighted by Crippen LogP contribution is 2.23. The zero-order chi connectivity index (χ0) is 12.7. The number of hydrogen-bond acceptors (Lipinski definition) is 6. The molecular weight excluding hydrogens is 238 g/mol. The van der Waals surface area contributed by atoms with Gasteiger partial charge < -0.3 is 20.1 Å². The fraction of sp³-hybridized carbons (Fsp3) is 0.727. The highest BCUT2D eigenvalue weighted by molar-refractivity contribution is 7.15.